The maximum Gasteiger partial charge on any atom is 0.228 e. The lowest BCUT2D eigenvalue weighted by Crippen LogP contribution is -2.49. The largest absolute Gasteiger partial charge is 0.356 e. The zero-order valence-electron chi connectivity index (χ0n) is 13.3. The summed E-state index contributed by atoms with van der Waals surface area (Å²) in [6.07, 6.45) is 0.321. The Balaban J connectivity index is 1.59. The number of piperazine rings is 1. The molecule has 1 aromatic heterocycles. The van der Waals surface area contributed by atoms with E-state index in [2.05, 4.69) is 23.9 Å². The van der Waals surface area contributed by atoms with E-state index < -0.39 is 0 Å². The lowest BCUT2D eigenvalue weighted by atomic mass is 10.1. The zero-order valence-corrected chi connectivity index (χ0v) is 13.3. The highest BCUT2D eigenvalue weighted by molar-refractivity contribution is 5.86. The molecule has 0 radical (unpaired) electrons. The molecule has 0 atom stereocenters. The fourth-order valence-corrected chi connectivity index (χ4v) is 3.02. The minimum atomic E-state index is 0.142. The molecule has 22 heavy (non-hydrogen) atoms. The van der Waals surface area contributed by atoms with Gasteiger partial charge in [0.05, 0.1) is 6.42 Å². The Kier molecular flexibility index (Phi) is 4.43. The third kappa shape index (κ3) is 3.30. The normalized spacial score (nSPS) is 16.6. The third-order valence-corrected chi connectivity index (χ3v) is 4.12. The number of rotatable bonds is 4. The molecule has 5 heteroatoms. The van der Waals surface area contributed by atoms with Gasteiger partial charge in [-0.2, -0.15) is 0 Å². The number of fused-ring (bicyclic) bond motifs is 1. The van der Waals surface area contributed by atoms with Crippen molar-refractivity contribution in [2.75, 3.05) is 32.7 Å². The second-order valence-corrected chi connectivity index (χ2v) is 6.38. The molecule has 0 unspecified atom stereocenters. The average Bonchev–Trinajstić information content (AvgIpc) is 2.91. The maximum atomic E-state index is 12.5. The molecule has 1 aliphatic rings. The molecule has 0 N–H and O–H groups in total. The molecule has 1 fully saturated rings. The van der Waals surface area contributed by atoms with Crippen LogP contribution in [0, 0.1) is 5.92 Å². The number of hydrogen-bond acceptors (Lipinski definition) is 4. The minimum Gasteiger partial charge on any atom is -0.356 e. The topological polar surface area (TPSA) is 49.6 Å². The van der Waals surface area contributed by atoms with E-state index >= 15 is 0 Å². The predicted octanol–water partition coefficient (Wildman–Crippen LogP) is 2.17. The molecule has 3 rings (SSSR count). The van der Waals surface area contributed by atoms with Crippen LogP contribution in [0.25, 0.3) is 11.0 Å². The van der Waals surface area contributed by atoms with E-state index in [4.69, 9.17) is 4.52 Å². The van der Waals surface area contributed by atoms with Crippen LogP contribution in [0.1, 0.15) is 19.5 Å². The van der Waals surface area contributed by atoms with E-state index in [1.165, 1.54) is 0 Å². The molecular formula is C17H23N3O2. The summed E-state index contributed by atoms with van der Waals surface area (Å²) in [6.45, 7) is 9.10. The van der Waals surface area contributed by atoms with E-state index in [1.807, 2.05) is 29.2 Å². The smallest absolute Gasteiger partial charge is 0.228 e. The monoisotopic (exact) mass is 301 g/mol. The molecule has 1 aliphatic heterocycles. The second-order valence-electron chi connectivity index (χ2n) is 6.38. The van der Waals surface area contributed by atoms with Gasteiger partial charge in [0.25, 0.3) is 0 Å². The van der Waals surface area contributed by atoms with E-state index in [1.54, 1.807) is 0 Å². The van der Waals surface area contributed by atoms with Gasteiger partial charge in [0.1, 0.15) is 5.69 Å². The van der Waals surface area contributed by atoms with Gasteiger partial charge in [-0.1, -0.05) is 31.1 Å². The number of carbonyl (C=O) groups excluding carboxylic acids is 1. The van der Waals surface area contributed by atoms with Crippen LogP contribution in [0.4, 0.5) is 0 Å². The van der Waals surface area contributed by atoms with Crippen LogP contribution in [0.15, 0.2) is 28.8 Å². The van der Waals surface area contributed by atoms with Crippen molar-refractivity contribution in [1.29, 1.82) is 0 Å². The van der Waals surface area contributed by atoms with Crippen LogP contribution in [0.3, 0.4) is 0 Å². The molecule has 1 aromatic carbocycles. The molecule has 2 heterocycles. The van der Waals surface area contributed by atoms with Crippen LogP contribution < -0.4 is 0 Å². The quantitative estimate of drug-likeness (QED) is 0.868. The first-order valence-electron chi connectivity index (χ1n) is 7.97. The first kappa shape index (κ1) is 15.0. The van der Waals surface area contributed by atoms with Gasteiger partial charge in [0.2, 0.25) is 5.91 Å². The first-order valence-corrected chi connectivity index (χ1v) is 7.97. The number of nitrogens with zero attached hydrogens (tertiary/aromatic N) is 3. The molecule has 0 aliphatic carbocycles. The predicted molar refractivity (Wildman–Crippen MR) is 85.6 cm³/mol. The molecule has 1 amide bonds. The minimum absolute atomic E-state index is 0.142. The first-order chi connectivity index (χ1) is 10.6. The zero-order chi connectivity index (χ0) is 15.5. The Hall–Kier alpha value is -1.88. The fourth-order valence-electron chi connectivity index (χ4n) is 3.02. The molecule has 0 spiro atoms. The van der Waals surface area contributed by atoms with Gasteiger partial charge < -0.3 is 9.42 Å². The Morgan fingerprint density at radius 1 is 1.23 bits per heavy atom. The van der Waals surface area contributed by atoms with Gasteiger partial charge in [-0.05, 0) is 18.1 Å². The van der Waals surface area contributed by atoms with Crippen molar-refractivity contribution >= 4 is 16.9 Å². The number of amides is 1. The lowest BCUT2D eigenvalue weighted by molar-refractivity contribution is -0.132. The van der Waals surface area contributed by atoms with E-state index in [0.717, 1.165) is 49.4 Å². The van der Waals surface area contributed by atoms with Crippen LogP contribution in [-0.4, -0.2) is 53.6 Å². The highest BCUT2D eigenvalue weighted by atomic mass is 16.5. The summed E-state index contributed by atoms with van der Waals surface area (Å²) in [4.78, 5) is 16.8. The Labute approximate surface area is 130 Å². The fraction of sp³-hybridized carbons (Fsp3) is 0.529. The Morgan fingerprint density at radius 2 is 1.95 bits per heavy atom. The number of para-hydroxylation sites is 1. The number of hydrogen-bond donors (Lipinski definition) is 0. The van der Waals surface area contributed by atoms with Crippen LogP contribution >= 0.6 is 0 Å². The standard InChI is InChI=1S/C17H23N3O2/c1-13(2)12-19-7-9-20(10-8-19)17(21)11-15-14-5-3-4-6-16(14)22-18-15/h3-6,13H,7-12H2,1-2H3. The van der Waals surface area contributed by atoms with Gasteiger partial charge in [-0.15, -0.1) is 0 Å². The Bertz CT molecular complexity index is 642. The van der Waals surface area contributed by atoms with Crippen molar-refractivity contribution < 1.29 is 9.32 Å². The van der Waals surface area contributed by atoms with Crippen molar-refractivity contribution in [2.24, 2.45) is 5.92 Å². The van der Waals surface area contributed by atoms with Crippen LogP contribution in [0.2, 0.25) is 0 Å². The van der Waals surface area contributed by atoms with Crippen LogP contribution in [-0.2, 0) is 11.2 Å². The number of carbonyl (C=O) groups is 1. The second kappa shape index (κ2) is 6.48. The van der Waals surface area contributed by atoms with E-state index in [0.29, 0.717) is 12.3 Å². The summed E-state index contributed by atoms with van der Waals surface area (Å²) in [5.41, 5.74) is 1.48. The maximum absolute atomic E-state index is 12.5. The molecule has 0 bridgehead atoms. The van der Waals surface area contributed by atoms with Crippen LogP contribution in [0.5, 0.6) is 0 Å². The highest BCUT2D eigenvalue weighted by Gasteiger charge is 2.23. The summed E-state index contributed by atoms with van der Waals surface area (Å²) in [5, 5.41) is 4.99. The van der Waals surface area contributed by atoms with Gasteiger partial charge in [-0.3, -0.25) is 9.69 Å². The molecule has 118 valence electrons. The van der Waals surface area contributed by atoms with Crippen molar-refractivity contribution in [1.82, 2.24) is 15.0 Å². The van der Waals surface area contributed by atoms with E-state index in [-0.39, 0.29) is 5.91 Å². The summed E-state index contributed by atoms with van der Waals surface area (Å²) >= 11 is 0. The van der Waals surface area contributed by atoms with Gasteiger partial charge in [0.15, 0.2) is 5.58 Å². The number of aromatic nitrogens is 1. The summed E-state index contributed by atoms with van der Waals surface area (Å²) in [7, 11) is 0. The molecule has 0 saturated carbocycles. The van der Waals surface area contributed by atoms with Crippen molar-refractivity contribution in [2.45, 2.75) is 20.3 Å². The number of benzene rings is 1. The molecule has 1 saturated heterocycles. The summed E-state index contributed by atoms with van der Waals surface area (Å²) in [6, 6.07) is 7.68. The molecular weight excluding hydrogens is 278 g/mol. The summed E-state index contributed by atoms with van der Waals surface area (Å²) in [5.74, 6) is 0.812. The SMILES string of the molecule is CC(C)CN1CCN(C(=O)Cc2noc3ccccc23)CC1. The molecule has 5 nitrogen and oxygen atoms in total. The lowest BCUT2D eigenvalue weighted by Gasteiger charge is -2.35. The van der Waals surface area contributed by atoms with Gasteiger partial charge in [0, 0.05) is 38.1 Å². The Morgan fingerprint density at radius 3 is 2.68 bits per heavy atom. The van der Waals surface area contributed by atoms with Gasteiger partial charge >= 0.3 is 0 Å². The average molecular weight is 301 g/mol. The van der Waals surface area contributed by atoms with E-state index in [9.17, 15) is 4.79 Å². The van der Waals surface area contributed by atoms with Gasteiger partial charge in [-0.25, -0.2) is 0 Å². The van der Waals surface area contributed by atoms with Crippen molar-refractivity contribution in [3.63, 3.8) is 0 Å². The van der Waals surface area contributed by atoms with Crippen molar-refractivity contribution in [3.05, 3.63) is 30.0 Å². The van der Waals surface area contributed by atoms with Crippen molar-refractivity contribution in [3.8, 4) is 0 Å². The highest BCUT2D eigenvalue weighted by Crippen LogP contribution is 2.19. The molecule has 2 aromatic rings. The summed E-state index contributed by atoms with van der Waals surface area (Å²) < 4.78 is 5.27. The third-order valence-electron chi connectivity index (χ3n) is 4.12.